The summed E-state index contributed by atoms with van der Waals surface area (Å²) in [5.74, 6) is 1.23. The molecule has 17 heavy (non-hydrogen) atoms. The van der Waals surface area contributed by atoms with Gasteiger partial charge in [0, 0.05) is 12.2 Å². The molecule has 1 aromatic heterocycles. The average molecular weight is 230 g/mol. The van der Waals surface area contributed by atoms with E-state index < -0.39 is 0 Å². The van der Waals surface area contributed by atoms with Crippen molar-refractivity contribution in [3.05, 3.63) is 35.7 Å². The summed E-state index contributed by atoms with van der Waals surface area (Å²) in [5.41, 5.74) is 2.17. The summed E-state index contributed by atoms with van der Waals surface area (Å²) in [6.07, 6.45) is 2.02. The van der Waals surface area contributed by atoms with Gasteiger partial charge in [-0.25, -0.2) is 0 Å². The second kappa shape index (κ2) is 4.30. The van der Waals surface area contributed by atoms with Crippen LogP contribution < -0.4 is 0 Å². The summed E-state index contributed by atoms with van der Waals surface area (Å²) in [5, 5.41) is 4.01. The third-order valence-corrected chi connectivity index (χ3v) is 2.92. The molecule has 1 aromatic carbocycles. The van der Waals surface area contributed by atoms with Crippen LogP contribution in [0.25, 0.3) is 11.4 Å². The maximum atomic E-state index is 5.52. The predicted octanol–water partition coefficient (Wildman–Crippen LogP) is 2.90. The Morgan fingerprint density at radius 2 is 2.29 bits per heavy atom. The molecular weight excluding hydrogens is 216 g/mol. The fourth-order valence-electron chi connectivity index (χ4n) is 2.04. The van der Waals surface area contributed by atoms with Crippen molar-refractivity contribution in [3.63, 3.8) is 0 Å². The highest BCUT2D eigenvalue weighted by molar-refractivity contribution is 5.55. The number of hydrogen-bond acceptors (Lipinski definition) is 4. The van der Waals surface area contributed by atoms with E-state index in [4.69, 9.17) is 9.26 Å². The third-order valence-electron chi connectivity index (χ3n) is 2.92. The molecule has 0 N–H and O–H groups in total. The lowest BCUT2D eigenvalue weighted by molar-refractivity contribution is 0.0835. The Bertz CT molecular complexity index is 516. The molecule has 4 heteroatoms. The smallest absolute Gasteiger partial charge is 0.256 e. The zero-order chi connectivity index (χ0) is 11.7. The normalized spacial score (nSPS) is 19.7. The van der Waals surface area contributed by atoms with E-state index in [-0.39, 0.29) is 6.10 Å². The van der Waals surface area contributed by atoms with E-state index in [1.165, 1.54) is 5.56 Å². The molecule has 1 fully saturated rings. The number of ether oxygens (including phenoxy) is 1. The van der Waals surface area contributed by atoms with Gasteiger partial charge in [-0.05, 0) is 25.8 Å². The number of rotatable bonds is 2. The zero-order valence-electron chi connectivity index (χ0n) is 9.72. The minimum Gasteiger partial charge on any atom is -0.368 e. The van der Waals surface area contributed by atoms with Crippen molar-refractivity contribution in [2.45, 2.75) is 25.9 Å². The first-order valence-electron chi connectivity index (χ1n) is 5.85. The van der Waals surface area contributed by atoms with Crippen LogP contribution in [-0.4, -0.2) is 16.7 Å². The minimum absolute atomic E-state index is 0.0129. The van der Waals surface area contributed by atoms with Crippen molar-refractivity contribution in [1.82, 2.24) is 10.1 Å². The Morgan fingerprint density at radius 1 is 1.35 bits per heavy atom. The lowest BCUT2D eigenvalue weighted by Gasteiger charge is -2.00. The molecule has 1 aliphatic heterocycles. The lowest BCUT2D eigenvalue weighted by Crippen LogP contribution is -1.95. The Morgan fingerprint density at radius 3 is 3.06 bits per heavy atom. The van der Waals surface area contributed by atoms with Crippen molar-refractivity contribution < 1.29 is 9.26 Å². The summed E-state index contributed by atoms with van der Waals surface area (Å²) in [6, 6.07) is 8.07. The molecule has 2 heterocycles. The molecule has 0 radical (unpaired) electrons. The summed E-state index contributed by atoms with van der Waals surface area (Å²) in [6.45, 7) is 2.83. The maximum absolute atomic E-state index is 5.52. The van der Waals surface area contributed by atoms with Gasteiger partial charge in [0.15, 0.2) is 0 Å². The highest BCUT2D eigenvalue weighted by Crippen LogP contribution is 2.28. The van der Waals surface area contributed by atoms with Gasteiger partial charge in [-0.3, -0.25) is 0 Å². The van der Waals surface area contributed by atoms with Crippen molar-refractivity contribution in [1.29, 1.82) is 0 Å². The summed E-state index contributed by atoms with van der Waals surface area (Å²) < 4.78 is 10.8. The molecule has 4 nitrogen and oxygen atoms in total. The topological polar surface area (TPSA) is 48.2 Å². The van der Waals surface area contributed by atoms with Gasteiger partial charge < -0.3 is 9.26 Å². The molecule has 0 aliphatic carbocycles. The van der Waals surface area contributed by atoms with Crippen LogP contribution in [0.4, 0.5) is 0 Å². The standard InChI is InChI=1S/C13H14N2O2/c1-9-4-2-5-10(8-9)12-14-13(17-15-12)11-6-3-7-16-11/h2,4-5,8,11H,3,6-7H2,1H3/t11-/m1/s1. The van der Waals surface area contributed by atoms with Gasteiger partial charge >= 0.3 is 0 Å². The summed E-state index contributed by atoms with van der Waals surface area (Å²) in [4.78, 5) is 4.40. The van der Waals surface area contributed by atoms with Crippen LogP contribution in [0, 0.1) is 6.92 Å². The van der Waals surface area contributed by atoms with Crippen LogP contribution in [0.5, 0.6) is 0 Å². The molecule has 0 unspecified atom stereocenters. The molecule has 1 aliphatic rings. The fourth-order valence-corrected chi connectivity index (χ4v) is 2.04. The lowest BCUT2D eigenvalue weighted by atomic mass is 10.1. The number of hydrogen-bond donors (Lipinski definition) is 0. The fraction of sp³-hybridized carbons (Fsp3) is 0.385. The highest BCUT2D eigenvalue weighted by Gasteiger charge is 2.24. The van der Waals surface area contributed by atoms with Crippen LogP contribution in [0.15, 0.2) is 28.8 Å². The molecule has 0 saturated carbocycles. The quantitative estimate of drug-likeness (QED) is 0.795. The maximum Gasteiger partial charge on any atom is 0.256 e. The van der Waals surface area contributed by atoms with Gasteiger partial charge in [0.1, 0.15) is 6.10 Å². The second-order valence-corrected chi connectivity index (χ2v) is 4.33. The number of aromatic nitrogens is 2. The Balaban J connectivity index is 1.89. The van der Waals surface area contributed by atoms with Gasteiger partial charge in [0.05, 0.1) is 0 Å². The first-order chi connectivity index (χ1) is 8.33. The highest BCUT2D eigenvalue weighted by atomic mass is 16.5. The molecule has 0 amide bonds. The average Bonchev–Trinajstić information content (AvgIpc) is 3.00. The SMILES string of the molecule is Cc1cccc(-c2noc([C@H]3CCCO3)n2)c1. The van der Waals surface area contributed by atoms with E-state index in [1.807, 2.05) is 31.2 Å². The van der Waals surface area contributed by atoms with E-state index >= 15 is 0 Å². The van der Waals surface area contributed by atoms with Crippen LogP contribution in [-0.2, 0) is 4.74 Å². The van der Waals surface area contributed by atoms with Gasteiger partial charge in [0.2, 0.25) is 5.82 Å². The predicted molar refractivity (Wildman–Crippen MR) is 62.4 cm³/mol. The second-order valence-electron chi connectivity index (χ2n) is 4.33. The van der Waals surface area contributed by atoms with Gasteiger partial charge in [0.25, 0.3) is 5.89 Å². The van der Waals surface area contributed by atoms with Crippen molar-refractivity contribution in [2.24, 2.45) is 0 Å². The zero-order valence-corrected chi connectivity index (χ0v) is 9.72. The largest absolute Gasteiger partial charge is 0.368 e. The summed E-state index contributed by atoms with van der Waals surface area (Å²) in [7, 11) is 0. The Labute approximate surface area is 99.6 Å². The molecule has 2 aromatic rings. The van der Waals surface area contributed by atoms with Crippen molar-refractivity contribution in [3.8, 4) is 11.4 Å². The first-order valence-corrected chi connectivity index (χ1v) is 5.85. The van der Waals surface area contributed by atoms with Crippen LogP contribution in [0.3, 0.4) is 0 Å². The number of aryl methyl sites for hydroxylation is 1. The molecule has 0 spiro atoms. The van der Waals surface area contributed by atoms with Gasteiger partial charge in [-0.15, -0.1) is 0 Å². The molecule has 88 valence electrons. The van der Waals surface area contributed by atoms with Crippen molar-refractivity contribution in [2.75, 3.05) is 6.61 Å². The molecule has 3 rings (SSSR count). The number of benzene rings is 1. The first kappa shape index (κ1) is 10.5. The molecule has 0 bridgehead atoms. The Hall–Kier alpha value is -1.68. The van der Waals surface area contributed by atoms with E-state index in [0.717, 1.165) is 25.0 Å². The van der Waals surface area contributed by atoms with Gasteiger partial charge in [-0.1, -0.05) is 28.9 Å². The van der Waals surface area contributed by atoms with Crippen LogP contribution in [0.2, 0.25) is 0 Å². The summed E-state index contributed by atoms with van der Waals surface area (Å²) >= 11 is 0. The third kappa shape index (κ3) is 2.08. The van der Waals surface area contributed by atoms with Crippen molar-refractivity contribution >= 4 is 0 Å². The molecular formula is C13H14N2O2. The Kier molecular flexibility index (Phi) is 2.65. The molecule has 1 saturated heterocycles. The molecule has 1 atom stereocenters. The van der Waals surface area contributed by atoms with E-state index in [9.17, 15) is 0 Å². The van der Waals surface area contributed by atoms with E-state index in [1.54, 1.807) is 0 Å². The number of nitrogens with zero attached hydrogens (tertiary/aromatic N) is 2. The van der Waals surface area contributed by atoms with Crippen LogP contribution in [0.1, 0.15) is 30.4 Å². The van der Waals surface area contributed by atoms with Crippen LogP contribution >= 0.6 is 0 Å². The van der Waals surface area contributed by atoms with E-state index in [0.29, 0.717) is 11.7 Å². The van der Waals surface area contributed by atoms with E-state index in [2.05, 4.69) is 10.1 Å². The minimum atomic E-state index is -0.0129. The monoisotopic (exact) mass is 230 g/mol. The van der Waals surface area contributed by atoms with Gasteiger partial charge in [-0.2, -0.15) is 4.98 Å².